The number of halogens is 1. The average molecular weight is 395 g/mol. The Morgan fingerprint density at radius 3 is 2.53 bits per heavy atom. The molecule has 0 atom stereocenters. The van der Waals surface area contributed by atoms with Crippen molar-refractivity contribution in [1.82, 2.24) is 14.7 Å². The molecule has 0 unspecified atom stereocenters. The van der Waals surface area contributed by atoms with Crippen LogP contribution in [0.15, 0.2) is 4.99 Å². The Labute approximate surface area is 136 Å². The monoisotopic (exact) mass is 395 g/mol. The van der Waals surface area contributed by atoms with Gasteiger partial charge in [0.25, 0.3) is 0 Å². The number of rotatable bonds is 2. The Balaban J connectivity index is 0.00000180. The molecule has 2 N–H and O–H groups in total. The summed E-state index contributed by atoms with van der Waals surface area (Å²) in [6.07, 6.45) is 0. The zero-order valence-corrected chi connectivity index (χ0v) is 14.9. The largest absolute Gasteiger partial charge is 0.370 e. The van der Waals surface area contributed by atoms with Gasteiger partial charge in [0.1, 0.15) is 0 Å². The van der Waals surface area contributed by atoms with Crippen LogP contribution in [-0.4, -0.2) is 45.2 Å². The van der Waals surface area contributed by atoms with E-state index >= 15 is 0 Å². The first-order valence-electron chi connectivity index (χ1n) is 6.21. The maximum absolute atomic E-state index is 6.04. The Morgan fingerprint density at radius 2 is 2.00 bits per heavy atom. The Bertz CT molecular complexity index is 451. The van der Waals surface area contributed by atoms with Crippen LogP contribution in [-0.2, 0) is 13.6 Å². The quantitative estimate of drug-likeness (QED) is 0.469. The van der Waals surface area contributed by atoms with Gasteiger partial charge >= 0.3 is 0 Å². The predicted octanol–water partition coefficient (Wildman–Crippen LogP) is 1.52. The van der Waals surface area contributed by atoms with Gasteiger partial charge in [-0.15, -0.1) is 24.0 Å². The van der Waals surface area contributed by atoms with E-state index in [0.717, 1.165) is 30.3 Å². The lowest BCUT2D eigenvalue weighted by Crippen LogP contribution is -2.42. The highest BCUT2D eigenvalue weighted by atomic mass is 127. The summed E-state index contributed by atoms with van der Waals surface area (Å²) in [5.74, 6) is 2.94. The van der Waals surface area contributed by atoms with Crippen LogP contribution in [0.2, 0.25) is 0 Å². The molecule has 1 saturated heterocycles. The van der Waals surface area contributed by atoms with Gasteiger partial charge in [0.15, 0.2) is 5.96 Å². The molecule has 19 heavy (non-hydrogen) atoms. The normalized spacial score (nSPS) is 16.4. The van der Waals surface area contributed by atoms with Crippen LogP contribution < -0.4 is 5.73 Å². The van der Waals surface area contributed by atoms with E-state index in [2.05, 4.69) is 21.9 Å². The predicted molar refractivity (Wildman–Crippen MR) is 92.3 cm³/mol. The fourth-order valence-electron chi connectivity index (χ4n) is 2.10. The molecule has 1 aliphatic heterocycles. The van der Waals surface area contributed by atoms with Gasteiger partial charge in [-0.2, -0.15) is 16.9 Å². The molecule has 1 fully saturated rings. The number of aryl methyl sites for hydroxylation is 2. The molecule has 0 aromatic carbocycles. The van der Waals surface area contributed by atoms with E-state index in [1.807, 2.05) is 30.4 Å². The van der Waals surface area contributed by atoms with Crippen LogP contribution in [0.5, 0.6) is 0 Å². The Morgan fingerprint density at radius 1 is 1.37 bits per heavy atom. The van der Waals surface area contributed by atoms with Crippen molar-refractivity contribution < 1.29 is 0 Å². The molecule has 5 nitrogen and oxygen atoms in total. The van der Waals surface area contributed by atoms with E-state index in [-0.39, 0.29) is 24.0 Å². The SMILES string of the molecule is Cc1nn(C)c(C)c1CN=C(N)N1CCSCC1.I. The first-order valence-corrected chi connectivity index (χ1v) is 7.36. The minimum Gasteiger partial charge on any atom is -0.370 e. The molecular formula is C12H22IN5S. The van der Waals surface area contributed by atoms with Gasteiger partial charge in [-0.3, -0.25) is 4.68 Å². The van der Waals surface area contributed by atoms with Crippen molar-refractivity contribution in [3.63, 3.8) is 0 Å². The lowest BCUT2D eigenvalue weighted by Gasteiger charge is -2.27. The summed E-state index contributed by atoms with van der Waals surface area (Å²) in [6, 6.07) is 0. The summed E-state index contributed by atoms with van der Waals surface area (Å²) in [5.41, 5.74) is 9.44. The third kappa shape index (κ3) is 4.01. The molecule has 0 radical (unpaired) electrons. The number of aromatic nitrogens is 2. The van der Waals surface area contributed by atoms with Gasteiger partial charge in [-0.05, 0) is 13.8 Å². The summed E-state index contributed by atoms with van der Waals surface area (Å²) in [5, 5.41) is 4.39. The van der Waals surface area contributed by atoms with E-state index in [1.54, 1.807) is 0 Å². The molecule has 1 aromatic heterocycles. The van der Waals surface area contributed by atoms with E-state index in [0.29, 0.717) is 12.5 Å². The molecule has 0 bridgehead atoms. The maximum Gasteiger partial charge on any atom is 0.191 e. The lowest BCUT2D eigenvalue weighted by molar-refractivity contribution is 0.455. The van der Waals surface area contributed by atoms with Crippen LogP contribution in [0.1, 0.15) is 17.0 Å². The van der Waals surface area contributed by atoms with Gasteiger partial charge in [0.05, 0.1) is 12.2 Å². The highest BCUT2D eigenvalue weighted by molar-refractivity contribution is 14.0. The summed E-state index contributed by atoms with van der Waals surface area (Å²) in [6.45, 7) is 6.72. The molecule has 0 spiro atoms. The number of aliphatic imine (C=N–C) groups is 1. The van der Waals surface area contributed by atoms with Gasteiger partial charge in [0.2, 0.25) is 0 Å². The molecule has 1 aliphatic rings. The number of hydrogen-bond acceptors (Lipinski definition) is 3. The van der Waals surface area contributed by atoms with Crippen molar-refractivity contribution in [2.75, 3.05) is 24.6 Å². The second-order valence-electron chi connectivity index (χ2n) is 4.55. The fraction of sp³-hybridized carbons (Fsp3) is 0.667. The lowest BCUT2D eigenvalue weighted by atomic mass is 10.2. The van der Waals surface area contributed by atoms with Crippen LogP contribution in [0, 0.1) is 13.8 Å². The number of hydrogen-bond donors (Lipinski definition) is 1. The molecule has 2 heterocycles. The van der Waals surface area contributed by atoms with Crippen LogP contribution in [0.25, 0.3) is 0 Å². The second kappa shape index (κ2) is 7.37. The highest BCUT2D eigenvalue weighted by Crippen LogP contribution is 2.14. The minimum atomic E-state index is 0. The van der Waals surface area contributed by atoms with Crippen molar-refractivity contribution in [3.05, 3.63) is 17.0 Å². The fourth-order valence-corrected chi connectivity index (χ4v) is 3.00. The summed E-state index contributed by atoms with van der Waals surface area (Å²) >= 11 is 1.97. The van der Waals surface area contributed by atoms with Crippen molar-refractivity contribution in [3.8, 4) is 0 Å². The van der Waals surface area contributed by atoms with Gasteiger partial charge in [-0.1, -0.05) is 0 Å². The number of thioether (sulfide) groups is 1. The number of guanidine groups is 1. The minimum absolute atomic E-state index is 0. The summed E-state index contributed by atoms with van der Waals surface area (Å²) in [4.78, 5) is 6.68. The first kappa shape index (κ1) is 16.6. The molecule has 0 saturated carbocycles. The van der Waals surface area contributed by atoms with Crippen LogP contribution in [0.4, 0.5) is 0 Å². The molecule has 7 heteroatoms. The van der Waals surface area contributed by atoms with Gasteiger partial charge < -0.3 is 10.6 Å². The van der Waals surface area contributed by atoms with E-state index in [1.165, 1.54) is 11.3 Å². The van der Waals surface area contributed by atoms with E-state index in [4.69, 9.17) is 5.73 Å². The topological polar surface area (TPSA) is 59.4 Å². The Kier molecular flexibility index (Phi) is 6.45. The smallest absolute Gasteiger partial charge is 0.191 e. The summed E-state index contributed by atoms with van der Waals surface area (Å²) in [7, 11) is 1.96. The van der Waals surface area contributed by atoms with E-state index < -0.39 is 0 Å². The third-order valence-corrected chi connectivity index (χ3v) is 4.34. The van der Waals surface area contributed by atoms with Crippen molar-refractivity contribution in [2.24, 2.45) is 17.8 Å². The molecular weight excluding hydrogens is 373 g/mol. The van der Waals surface area contributed by atoms with Crippen molar-refractivity contribution in [1.29, 1.82) is 0 Å². The maximum atomic E-state index is 6.04. The molecule has 0 amide bonds. The second-order valence-corrected chi connectivity index (χ2v) is 5.77. The third-order valence-electron chi connectivity index (χ3n) is 3.39. The molecule has 2 rings (SSSR count). The zero-order chi connectivity index (χ0) is 13.1. The van der Waals surface area contributed by atoms with Gasteiger partial charge in [0, 0.05) is 42.9 Å². The standard InChI is InChI=1S/C12H21N5S.HI/c1-9-11(10(2)16(3)15-9)8-14-12(13)17-4-6-18-7-5-17;/h4-8H2,1-3H3,(H2,13,14);1H. The molecule has 0 aliphatic carbocycles. The van der Waals surface area contributed by atoms with E-state index in [9.17, 15) is 0 Å². The number of nitrogens with two attached hydrogens (primary N) is 1. The van der Waals surface area contributed by atoms with Gasteiger partial charge in [-0.25, -0.2) is 4.99 Å². The first-order chi connectivity index (χ1) is 8.59. The van der Waals surface area contributed by atoms with Crippen LogP contribution >= 0.6 is 35.7 Å². The van der Waals surface area contributed by atoms with Crippen molar-refractivity contribution >= 4 is 41.7 Å². The highest BCUT2D eigenvalue weighted by Gasteiger charge is 2.13. The number of nitrogens with zero attached hydrogens (tertiary/aromatic N) is 4. The average Bonchev–Trinajstić information content (AvgIpc) is 2.62. The van der Waals surface area contributed by atoms with Crippen molar-refractivity contribution in [2.45, 2.75) is 20.4 Å². The molecule has 1 aromatic rings. The zero-order valence-electron chi connectivity index (χ0n) is 11.7. The van der Waals surface area contributed by atoms with Crippen LogP contribution in [0.3, 0.4) is 0 Å². The Hall–Kier alpha value is -0.440. The molecule has 108 valence electrons. The summed E-state index contributed by atoms with van der Waals surface area (Å²) < 4.78 is 1.90.